The topological polar surface area (TPSA) is 141 Å². The Morgan fingerprint density at radius 2 is 2.05 bits per heavy atom. The van der Waals surface area contributed by atoms with Gasteiger partial charge in [0.25, 0.3) is 0 Å². The maximum atomic E-state index is 13.2. The molecule has 4 N–H and O–H groups in total. The van der Waals surface area contributed by atoms with Gasteiger partial charge >= 0.3 is 5.69 Å². The Balaban J connectivity index is 3.10. The van der Waals surface area contributed by atoms with Gasteiger partial charge in [0.05, 0.1) is 10.6 Å². The number of nitrogens with zero attached hydrogens (tertiary/aromatic N) is 3. The molecule has 0 saturated heterocycles. The highest BCUT2D eigenvalue weighted by molar-refractivity contribution is 6.45. The fourth-order valence-corrected chi connectivity index (χ4v) is 1.07. The number of nitrogens with one attached hydrogen (secondary N) is 2. The lowest BCUT2D eigenvalue weighted by Crippen LogP contribution is -2.21. The van der Waals surface area contributed by atoms with Crippen LogP contribution in [-0.2, 0) is 0 Å². The molecule has 0 aliphatic rings. The molecule has 0 aliphatic heterocycles. The van der Waals surface area contributed by atoms with Gasteiger partial charge in [0.2, 0.25) is 17.3 Å². The number of benzene rings is 1. The molecule has 0 saturated carbocycles. The molecule has 0 heterocycles. The van der Waals surface area contributed by atoms with Gasteiger partial charge in [-0.1, -0.05) is 0 Å². The van der Waals surface area contributed by atoms with Crippen molar-refractivity contribution in [2.75, 3.05) is 5.43 Å². The molecule has 0 fully saturated rings. The van der Waals surface area contributed by atoms with Gasteiger partial charge < -0.3 is 5.73 Å². The maximum Gasteiger partial charge on any atom is 0.340 e. The van der Waals surface area contributed by atoms with Gasteiger partial charge in [-0.15, -0.1) is 0 Å². The van der Waals surface area contributed by atoms with Crippen LogP contribution in [0.15, 0.2) is 17.2 Å². The molecule has 0 radical (unpaired) electrons. The summed E-state index contributed by atoms with van der Waals surface area (Å²) in [5.41, 5.74) is 4.99. The van der Waals surface area contributed by atoms with Crippen molar-refractivity contribution in [3.8, 4) is 6.07 Å². The summed E-state index contributed by atoms with van der Waals surface area (Å²) in [5.74, 6) is -3.44. The van der Waals surface area contributed by atoms with E-state index in [0.717, 1.165) is 0 Å². The molecule has 1 rings (SSSR count). The van der Waals surface area contributed by atoms with Crippen molar-refractivity contribution in [3.63, 3.8) is 0 Å². The van der Waals surface area contributed by atoms with Crippen LogP contribution in [0.2, 0.25) is 0 Å². The normalized spacial score (nSPS) is 10.7. The van der Waals surface area contributed by atoms with Crippen LogP contribution in [-0.4, -0.2) is 16.5 Å². The summed E-state index contributed by atoms with van der Waals surface area (Å²) in [6.07, 6.45) is 0. The molecule has 8 nitrogen and oxygen atoms in total. The van der Waals surface area contributed by atoms with Crippen molar-refractivity contribution < 1.29 is 13.7 Å². The lowest BCUT2D eigenvalue weighted by Gasteiger charge is -2.02. The second-order valence-corrected chi connectivity index (χ2v) is 3.14. The zero-order chi connectivity index (χ0) is 14.6. The number of hydrazone groups is 1. The van der Waals surface area contributed by atoms with Crippen molar-refractivity contribution in [1.82, 2.24) is 0 Å². The summed E-state index contributed by atoms with van der Waals surface area (Å²) < 4.78 is 26.4. The summed E-state index contributed by atoms with van der Waals surface area (Å²) in [6.45, 7) is 0. The Labute approximate surface area is 104 Å². The largest absolute Gasteiger partial charge is 0.382 e. The first-order valence-electron chi connectivity index (χ1n) is 4.58. The molecule has 0 spiro atoms. The third kappa shape index (κ3) is 3.19. The summed E-state index contributed by atoms with van der Waals surface area (Å²) in [4.78, 5) is 9.15. The second kappa shape index (κ2) is 5.50. The molecule has 0 atom stereocenters. The number of hydrogen-bond donors (Lipinski definition) is 3. The molecule has 98 valence electrons. The number of nitro groups is 1. The van der Waals surface area contributed by atoms with Gasteiger partial charge in [-0.2, -0.15) is 19.1 Å². The van der Waals surface area contributed by atoms with E-state index in [2.05, 4.69) is 10.5 Å². The predicted octanol–water partition coefficient (Wildman–Crippen LogP) is 1.10. The van der Waals surface area contributed by atoms with Crippen LogP contribution in [0.3, 0.4) is 0 Å². The van der Waals surface area contributed by atoms with E-state index in [-0.39, 0.29) is 5.69 Å². The average Bonchev–Trinajstić information content (AvgIpc) is 2.27. The average molecular weight is 268 g/mol. The van der Waals surface area contributed by atoms with E-state index < -0.39 is 33.8 Å². The van der Waals surface area contributed by atoms with Gasteiger partial charge in [0.15, 0.2) is 5.84 Å². The van der Waals surface area contributed by atoms with Crippen molar-refractivity contribution in [2.45, 2.75) is 0 Å². The highest BCUT2D eigenvalue weighted by Crippen LogP contribution is 2.25. The van der Waals surface area contributed by atoms with Gasteiger partial charge in [-0.3, -0.25) is 20.9 Å². The smallest absolute Gasteiger partial charge is 0.340 e. The molecule has 19 heavy (non-hydrogen) atoms. The molecule has 1 aromatic rings. The summed E-state index contributed by atoms with van der Waals surface area (Å²) >= 11 is 0. The van der Waals surface area contributed by atoms with Crippen LogP contribution < -0.4 is 11.2 Å². The van der Waals surface area contributed by atoms with E-state index in [0.29, 0.717) is 12.1 Å². The quantitative estimate of drug-likeness (QED) is 0.324. The van der Waals surface area contributed by atoms with Crippen molar-refractivity contribution in [2.24, 2.45) is 10.8 Å². The number of nitro benzene ring substituents is 1. The third-order valence-corrected chi connectivity index (χ3v) is 1.86. The van der Waals surface area contributed by atoms with Crippen LogP contribution in [0.4, 0.5) is 20.2 Å². The van der Waals surface area contributed by atoms with E-state index in [9.17, 15) is 18.9 Å². The number of halogens is 2. The number of anilines is 1. The highest BCUT2D eigenvalue weighted by Gasteiger charge is 2.21. The van der Waals surface area contributed by atoms with Crippen molar-refractivity contribution in [1.29, 1.82) is 10.7 Å². The molecule has 0 unspecified atom stereocenters. The molecular formula is C9H6F2N6O2. The van der Waals surface area contributed by atoms with E-state index in [4.69, 9.17) is 16.4 Å². The number of amidine groups is 1. The zero-order valence-corrected chi connectivity index (χ0v) is 9.15. The minimum absolute atomic E-state index is 0.269. The highest BCUT2D eigenvalue weighted by atomic mass is 19.1. The SMILES string of the molecule is N#C/C(=N\Nc1cc(F)c([N+](=O)[O-])c(F)c1)C(=N)N. The summed E-state index contributed by atoms with van der Waals surface area (Å²) in [6, 6.07) is 2.72. The molecule has 0 amide bonds. The number of hydrogen-bond acceptors (Lipinski definition) is 6. The Kier molecular flexibility index (Phi) is 4.04. The number of nitrogens with two attached hydrogens (primary N) is 1. The van der Waals surface area contributed by atoms with Crippen LogP contribution in [0.1, 0.15) is 0 Å². The molecule has 0 aliphatic carbocycles. The maximum absolute atomic E-state index is 13.2. The lowest BCUT2D eigenvalue weighted by molar-refractivity contribution is -0.390. The minimum atomic E-state index is -1.40. The summed E-state index contributed by atoms with van der Waals surface area (Å²) in [5, 5.41) is 29.1. The van der Waals surface area contributed by atoms with Crippen LogP contribution in [0.25, 0.3) is 0 Å². The molecule has 1 aromatic carbocycles. The Hall–Kier alpha value is -3.09. The molecule has 0 bridgehead atoms. The fraction of sp³-hybridized carbons (Fsp3) is 0. The third-order valence-electron chi connectivity index (χ3n) is 1.86. The van der Waals surface area contributed by atoms with Gasteiger partial charge in [0, 0.05) is 12.1 Å². The molecular weight excluding hydrogens is 262 g/mol. The van der Waals surface area contributed by atoms with E-state index in [1.165, 1.54) is 6.07 Å². The first kappa shape index (κ1) is 14.0. The Morgan fingerprint density at radius 1 is 1.53 bits per heavy atom. The van der Waals surface area contributed by atoms with E-state index in [1.807, 2.05) is 0 Å². The number of rotatable bonds is 4. The van der Waals surface area contributed by atoms with Gasteiger partial charge in [0.1, 0.15) is 6.07 Å². The van der Waals surface area contributed by atoms with Gasteiger partial charge in [-0.05, 0) is 0 Å². The van der Waals surface area contributed by atoms with Crippen LogP contribution in [0.5, 0.6) is 0 Å². The second-order valence-electron chi connectivity index (χ2n) is 3.14. The zero-order valence-electron chi connectivity index (χ0n) is 9.15. The van der Waals surface area contributed by atoms with E-state index >= 15 is 0 Å². The molecule has 10 heteroatoms. The van der Waals surface area contributed by atoms with Crippen LogP contribution in [0, 0.1) is 38.5 Å². The Morgan fingerprint density at radius 3 is 2.42 bits per heavy atom. The van der Waals surface area contributed by atoms with Gasteiger partial charge in [-0.25, -0.2) is 0 Å². The van der Waals surface area contributed by atoms with Crippen molar-refractivity contribution >= 4 is 22.9 Å². The predicted molar refractivity (Wildman–Crippen MR) is 61.6 cm³/mol. The van der Waals surface area contributed by atoms with E-state index in [1.54, 1.807) is 0 Å². The first-order chi connectivity index (χ1) is 8.86. The van der Waals surface area contributed by atoms with Crippen LogP contribution >= 0.6 is 0 Å². The monoisotopic (exact) mass is 268 g/mol. The standard InChI is InChI=1S/C9H6F2N6O2/c10-5-1-4(2-6(11)8(5)17(18)19)15-16-7(3-12)9(13)14/h1-2,15H,(H3,13,14)/b16-7+. The summed E-state index contributed by atoms with van der Waals surface area (Å²) in [7, 11) is 0. The Bertz CT molecular complexity index is 599. The molecule has 0 aromatic heterocycles. The lowest BCUT2D eigenvalue weighted by atomic mass is 10.2. The first-order valence-corrected chi connectivity index (χ1v) is 4.58. The van der Waals surface area contributed by atoms with Crippen molar-refractivity contribution in [3.05, 3.63) is 33.9 Å². The fourth-order valence-electron chi connectivity index (χ4n) is 1.07. The minimum Gasteiger partial charge on any atom is -0.382 e. The number of nitriles is 1.